The van der Waals surface area contributed by atoms with Crippen LogP contribution in [0.2, 0.25) is 0 Å². The monoisotopic (exact) mass is 263 g/mol. The van der Waals surface area contributed by atoms with Crippen molar-refractivity contribution in [3.63, 3.8) is 0 Å². The molecule has 0 fully saturated rings. The lowest BCUT2D eigenvalue weighted by atomic mass is 9.99. The smallest absolute Gasteiger partial charge is 0.315 e. The molecule has 1 aromatic heterocycles. The molecule has 0 saturated carbocycles. The zero-order valence-electron chi connectivity index (χ0n) is 12.0. The Morgan fingerprint density at radius 3 is 2.84 bits per heavy atom. The normalized spacial score (nSPS) is 11.9. The van der Waals surface area contributed by atoms with E-state index in [9.17, 15) is 4.79 Å². The number of pyridine rings is 1. The van der Waals surface area contributed by atoms with Gasteiger partial charge in [0.25, 0.3) is 0 Å². The first-order valence-electron chi connectivity index (χ1n) is 7.16. The van der Waals surface area contributed by atoms with E-state index in [2.05, 4.69) is 29.5 Å². The van der Waals surface area contributed by atoms with Crippen molar-refractivity contribution in [1.29, 1.82) is 0 Å². The van der Waals surface area contributed by atoms with Crippen LogP contribution in [0.3, 0.4) is 0 Å². The van der Waals surface area contributed by atoms with E-state index in [0.717, 1.165) is 18.5 Å². The van der Waals surface area contributed by atoms with E-state index in [0.29, 0.717) is 12.5 Å². The summed E-state index contributed by atoms with van der Waals surface area (Å²) in [5, 5.41) is 5.79. The molecule has 0 spiro atoms. The number of rotatable bonds is 8. The van der Waals surface area contributed by atoms with Crippen molar-refractivity contribution in [3.8, 4) is 0 Å². The van der Waals surface area contributed by atoms with E-state index in [1.807, 2.05) is 12.1 Å². The van der Waals surface area contributed by atoms with Crippen LogP contribution in [0.1, 0.15) is 45.1 Å². The van der Waals surface area contributed by atoms with Gasteiger partial charge in [-0.25, -0.2) is 4.79 Å². The molecule has 4 nitrogen and oxygen atoms in total. The third-order valence-electron chi connectivity index (χ3n) is 3.27. The van der Waals surface area contributed by atoms with Crippen molar-refractivity contribution in [1.82, 2.24) is 15.6 Å². The van der Waals surface area contributed by atoms with Gasteiger partial charge < -0.3 is 10.6 Å². The van der Waals surface area contributed by atoms with Crippen LogP contribution in [0.15, 0.2) is 24.5 Å². The third-order valence-corrected chi connectivity index (χ3v) is 3.27. The van der Waals surface area contributed by atoms with Crippen molar-refractivity contribution in [2.24, 2.45) is 5.92 Å². The van der Waals surface area contributed by atoms with Gasteiger partial charge in [0.15, 0.2) is 0 Å². The Balaban J connectivity index is 2.20. The third kappa shape index (κ3) is 6.79. The lowest BCUT2D eigenvalue weighted by molar-refractivity contribution is 0.237. The van der Waals surface area contributed by atoms with Gasteiger partial charge in [-0.05, 0) is 24.0 Å². The van der Waals surface area contributed by atoms with Gasteiger partial charge in [-0.3, -0.25) is 4.98 Å². The molecule has 0 bridgehead atoms. The summed E-state index contributed by atoms with van der Waals surface area (Å²) in [6, 6.07) is 3.72. The molecule has 1 heterocycles. The van der Waals surface area contributed by atoms with E-state index >= 15 is 0 Å². The highest BCUT2D eigenvalue weighted by atomic mass is 16.2. The zero-order valence-corrected chi connectivity index (χ0v) is 12.0. The Labute approximate surface area is 116 Å². The number of carbonyl (C=O) groups is 1. The molecule has 1 atom stereocenters. The molecule has 19 heavy (non-hydrogen) atoms. The summed E-state index contributed by atoms with van der Waals surface area (Å²) in [5.41, 5.74) is 1.01. The Morgan fingerprint density at radius 2 is 2.21 bits per heavy atom. The van der Waals surface area contributed by atoms with Gasteiger partial charge in [-0.2, -0.15) is 0 Å². The molecule has 1 unspecified atom stereocenters. The average molecular weight is 263 g/mol. The van der Waals surface area contributed by atoms with Crippen LogP contribution in [0.5, 0.6) is 0 Å². The van der Waals surface area contributed by atoms with E-state index in [1.54, 1.807) is 12.4 Å². The fourth-order valence-corrected chi connectivity index (χ4v) is 1.93. The van der Waals surface area contributed by atoms with Gasteiger partial charge in [0.05, 0.1) is 0 Å². The van der Waals surface area contributed by atoms with Crippen LogP contribution in [0, 0.1) is 5.92 Å². The van der Waals surface area contributed by atoms with Gasteiger partial charge in [0.2, 0.25) is 0 Å². The van der Waals surface area contributed by atoms with Crippen LogP contribution >= 0.6 is 0 Å². The van der Waals surface area contributed by atoms with Crippen LogP contribution in [0.4, 0.5) is 4.79 Å². The molecule has 4 heteroatoms. The number of unbranched alkanes of at least 4 members (excludes halogenated alkanes) is 1. The molecule has 0 saturated heterocycles. The molecule has 106 valence electrons. The number of hydrogen-bond donors (Lipinski definition) is 2. The Morgan fingerprint density at radius 1 is 1.37 bits per heavy atom. The summed E-state index contributed by atoms with van der Waals surface area (Å²) in [4.78, 5) is 15.7. The molecular formula is C15H25N3O. The van der Waals surface area contributed by atoms with E-state index in [1.165, 1.54) is 19.3 Å². The van der Waals surface area contributed by atoms with Crippen LogP contribution in [-0.2, 0) is 6.54 Å². The maximum Gasteiger partial charge on any atom is 0.315 e. The van der Waals surface area contributed by atoms with Gasteiger partial charge in [-0.1, -0.05) is 39.2 Å². The first-order chi connectivity index (χ1) is 9.26. The second-order valence-electron chi connectivity index (χ2n) is 4.84. The predicted molar refractivity (Wildman–Crippen MR) is 77.8 cm³/mol. The summed E-state index contributed by atoms with van der Waals surface area (Å²) >= 11 is 0. The molecule has 0 aliphatic heterocycles. The first kappa shape index (κ1) is 15.5. The fourth-order valence-electron chi connectivity index (χ4n) is 1.93. The molecule has 2 N–H and O–H groups in total. The molecule has 0 aliphatic carbocycles. The minimum absolute atomic E-state index is 0.0983. The SMILES string of the molecule is CCCCC(CC)CNC(=O)NCc1cccnc1. The second-order valence-corrected chi connectivity index (χ2v) is 4.84. The second kappa shape index (κ2) is 9.36. The molecule has 0 aliphatic rings. The standard InChI is InChI=1S/C15H25N3O/c1-3-5-7-13(4-2)11-17-15(19)18-12-14-8-6-9-16-10-14/h6,8-10,13H,3-5,7,11-12H2,1-2H3,(H2,17,18,19). The minimum Gasteiger partial charge on any atom is -0.338 e. The first-order valence-corrected chi connectivity index (χ1v) is 7.16. The number of amides is 2. The van der Waals surface area contributed by atoms with E-state index in [-0.39, 0.29) is 6.03 Å². The quantitative estimate of drug-likeness (QED) is 0.757. The maximum absolute atomic E-state index is 11.7. The Kier molecular flexibility index (Phi) is 7.63. The number of urea groups is 1. The number of nitrogens with zero attached hydrogens (tertiary/aromatic N) is 1. The Bertz CT molecular complexity index is 354. The van der Waals surface area contributed by atoms with E-state index < -0.39 is 0 Å². The summed E-state index contributed by atoms with van der Waals surface area (Å²) in [6.45, 7) is 5.65. The zero-order chi connectivity index (χ0) is 13.9. The fraction of sp³-hybridized carbons (Fsp3) is 0.600. The highest BCUT2D eigenvalue weighted by molar-refractivity contribution is 5.73. The maximum atomic E-state index is 11.7. The van der Waals surface area contributed by atoms with Crippen molar-refractivity contribution < 1.29 is 4.79 Å². The summed E-state index contributed by atoms with van der Waals surface area (Å²) < 4.78 is 0. The average Bonchev–Trinajstić information content (AvgIpc) is 2.46. The summed E-state index contributed by atoms with van der Waals surface area (Å²) in [6.07, 6.45) is 8.24. The van der Waals surface area contributed by atoms with Crippen LogP contribution < -0.4 is 10.6 Å². The van der Waals surface area contributed by atoms with Gasteiger partial charge in [0, 0.05) is 25.5 Å². The number of carbonyl (C=O) groups excluding carboxylic acids is 1. The summed E-state index contributed by atoms with van der Waals surface area (Å²) in [5.74, 6) is 0.587. The molecule has 0 radical (unpaired) electrons. The van der Waals surface area contributed by atoms with Gasteiger partial charge >= 0.3 is 6.03 Å². The van der Waals surface area contributed by atoms with Gasteiger partial charge in [-0.15, -0.1) is 0 Å². The van der Waals surface area contributed by atoms with Crippen LogP contribution in [-0.4, -0.2) is 17.6 Å². The van der Waals surface area contributed by atoms with Crippen molar-refractivity contribution in [3.05, 3.63) is 30.1 Å². The summed E-state index contributed by atoms with van der Waals surface area (Å²) in [7, 11) is 0. The molecule has 1 rings (SSSR count). The lowest BCUT2D eigenvalue weighted by Crippen LogP contribution is -2.37. The van der Waals surface area contributed by atoms with Crippen molar-refractivity contribution in [2.75, 3.05) is 6.54 Å². The highest BCUT2D eigenvalue weighted by Crippen LogP contribution is 2.10. The highest BCUT2D eigenvalue weighted by Gasteiger charge is 2.07. The van der Waals surface area contributed by atoms with Gasteiger partial charge in [0.1, 0.15) is 0 Å². The number of aromatic nitrogens is 1. The largest absolute Gasteiger partial charge is 0.338 e. The van der Waals surface area contributed by atoms with E-state index in [4.69, 9.17) is 0 Å². The molecule has 1 aromatic rings. The minimum atomic E-state index is -0.0983. The number of hydrogen-bond acceptors (Lipinski definition) is 2. The van der Waals surface area contributed by atoms with Crippen LogP contribution in [0.25, 0.3) is 0 Å². The molecule has 2 amide bonds. The molecule has 0 aromatic carbocycles. The lowest BCUT2D eigenvalue weighted by Gasteiger charge is -2.15. The topological polar surface area (TPSA) is 54.0 Å². The van der Waals surface area contributed by atoms with Crippen molar-refractivity contribution in [2.45, 2.75) is 46.1 Å². The predicted octanol–water partition coefficient (Wildman–Crippen LogP) is 3.10. The van der Waals surface area contributed by atoms with Crippen molar-refractivity contribution >= 4 is 6.03 Å². The molecular weight excluding hydrogens is 238 g/mol. The Hall–Kier alpha value is -1.58. The number of nitrogens with one attached hydrogen (secondary N) is 2.